The first-order chi connectivity index (χ1) is 3.83. The summed E-state index contributed by atoms with van der Waals surface area (Å²) in [6.45, 7) is 0.953. The van der Waals surface area contributed by atoms with E-state index in [4.69, 9.17) is 5.26 Å². The topological polar surface area (TPSA) is 50.1 Å². The van der Waals surface area contributed by atoms with E-state index < -0.39 is 0 Å². The summed E-state index contributed by atoms with van der Waals surface area (Å²) in [5.74, 6) is -0.00694. The summed E-state index contributed by atoms with van der Waals surface area (Å²) in [7, 11) is 0. The molecule has 9 heavy (non-hydrogen) atoms. The first-order valence-corrected chi connectivity index (χ1v) is 2.64. The molecule has 1 aliphatic rings. The van der Waals surface area contributed by atoms with Crippen LogP contribution < -0.4 is 51.4 Å². The SMILES string of the molecule is N#CC1CCN([O-])C1.[K+]. The zero-order valence-corrected chi connectivity index (χ0v) is 8.62. The summed E-state index contributed by atoms with van der Waals surface area (Å²) in [6, 6.07) is 2.05. The number of hydrogen-bond donors (Lipinski definition) is 0. The van der Waals surface area contributed by atoms with Crippen LogP contribution in [0.25, 0.3) is 0 Å². The molecular formula is C5H7KN2O. The van der Waals surface area contributed by atoms with E-state index in [1.165, 1.54) is 0 Å². The third kappa shape index (κ3) is 3.10. The van der Waals surface area contributed by atoms with Gasteiger partial charge in [-0.05, 0) is 13.0 Å². The fraction of sp³-hybridized carbons (Fsp3) is 0.800. The summed E-state index contributed by atoms with van der Waals surface area (Å²) >= 11 is 0. The summed E-state index contributed by atoms with van der Waals surface area (Å²) in [5.41, 5.74) is 0. The van der Waals surface area contributed by atoms with Crippen LogP contribution in [0, 0.1) is 22.5 Å². The van der Waals surface area contributed by atoms with E-state index in [1.807, 2.05) is 0 Å². The van der Waals surface area contributed by atoms with Gasteiger partial charge in [0.05, 0.1) is 12.0 Å². The third-order valence-electron chi connectivity index (χ3n) is 1.33. The van der Waals surface area contributed by atoms with Crippen LogP contribution in [0.15, 0.2) is 0 Å². The minimum atomic E-state index is -0.00694. The van der Waals surface area contributed by atoms with E-state index in [9.17, 15) is 5.21 Å². The van der Waals surface area contributed by atoms with Crippen molar-refractivity contribution < 1.29 is 51.4 Å². The van der Waals surface area contributed by atoms with E-state index in [0.29, 0.717) is 13.1 Å². The molecule has 44 valence electrons. The molecule has 0 bridgehead atoms. The molecule has 1 rings (SSSR count). The van der Waals surface area contributed by atoms with Crippen molar-refractivity contribution in [3.63, 3.8) is 0 Å². The van der Waals surface area contributed by atoms with Crippen molar-refractivity contribution in [3.8, 4) is 6.07 Å². The van der Waals surface area contributed by atoms with Gasteiger partial charge in [-0.15, -0.1) is 0 Å². The van der Waals surface area contributed by atoms with Gasteiger partial charge in [0.2, 0.25) is 0 Å². The summed E-state index contributed by atoms with van der Waals surface area (Å²) in [6.07, 6.45) is 0.750. The Kier molecular flexibility index (Phi) is 5.36. The minimum Gasteiger partial charge on any atom is -0.785 e. The molecule has 1 aliphatic heterocycles. The van der Waals surface area contributed by atoms with Crippen molar-refractivity contribution in [1.82, 2.24) is 5.06 Å². The van der Waals surface area contributed by atoms with E-state index in [-0.39, 0.29) is 57.3 Å². The second-order valence-corrected chi connectivity index (χ2v) is 2.00. The van der Waals surface area contributed by atoms with E-state index in [1.54, 1.807) is 0 Å². The molecule has 1 fully saturated rings. The molecule has 0 radical (unpaired) electrons. The smallest absolute Gasteiger partial charge is 0.785 e. The Hall–Kier alpha value is 1.05. The third-order valence-corrected chi connectivity index (χ3v) is 1.33. The Morgan fingerprint density at radius 3 is 2.56 bits per heavy atom. The van der Waals surface area contributed by atoms with E-state index in [0.717, 1.165) is 11.5 Å². The van der Waals surface area contributed by atoms with Gasteiger partial charge >= 0.3 is 51.4 Å². The summed E-state index contributed by atoms with van der Waals surface area (Å²) in [4.78, 5) is 0. The van der Waals surface area contributed by atoms with Crippen LogP contribution in [0.3, 0.4) is 0 Å². The van der Waals surface area contributed by atoms with Gasteiger partial charge in [0.15, 0.2) is 0 Å². The molecule has 0 saturated carbocycles. The molecule has 0 amide bonds. The average molecular weight is 150 g/mol. The van der Waals surface area contributed by atoms with Crippen molar-refractivity contribution >= 4 is 0 Å². The maximum absolute atomic E-state index is 10.4. The Balaban J connectivity index is 0.000000640. The van der Waals surface area contributed by atoms with Crippen molar-refractivity contribution in [1.29, 1.82) is 5.26 Å². The Morgan fingerprint density at radius 2 is 2.33 bits per heavy atom. The molecule has 0 aromatic heterocycles. The maximum atomic E-state index is 10.4. The van der Waals surface area contributed by atoms with Crippen LogP contribution in [0.5, 0.6) is 0 Å². The van der Waals surface area contributed by atoms with Crippen molar-refractivity contribution in [2.24, 2.45) is 5.92 Å². The molecule has 0 spiro atoms. The molecule has 0 aromatic carbocycles. The first kappa shape index (κ1) is 10.0. The van der Waals surface area contributed by atoms with Crippen LogP contribution in [0.1, 0.15) is 6.42 Å². The van der Waals surface area contributed by atoms with Gasteiger partial charge in [-0.2, -0.15) is 5.26 Å². The molecule has 1 unspecified atom stereocenters. The predicted molar refractivity (Wildman–Crippen MR) is 28.7 cm³/mol. The fourth-order valence-corrected chi connectivity index (χ4v) is 0.834. The normalized spacial score (nSPS) is 26.9. The van der Waals surface area contributed by atoms with Crippen molar-refractivity contribution in [2.75, 3.05) is 13.1 Å². The van der Waals surface area contributed by atoms with E-state index >= 15 is 0 Å². The molecular weight excluding hydrogens is 143 g/mol. The Morgan fingerprint density at radius 1 is 1.67 bits per heavy atom. The number of hydrogen-bond acceptors (Lipinski definition) is 3. The molecule has 1 heterocycles. The van der Waals surface area contributed by atoms with Gasteiger partial charge in [-0.1, -0.05) is 0 Å². The maximum Gasteiger partial charge on any atom is 1.00 e. The largest absolute Gasteiger partial charge is 1.00 e. The van der Waals surface area contributed by atoms with Gasteiger partial charge in [0.1, 0.15) is 0 Å². The van der Waals surface area contributed by atoms with Crippen LogP contribution in [0.2, 0.25) is 0 Å². The zero-order valence-electron chi connectivity index (χ0n) is 5.50. The van der Waals surface area contributed by atoms with Crippen molar-refractivity contribution in [3.05, 3.63) is 5.21 Å². The van der Waals surface area contributed by atoms with Gasteiger partial charge in [0, 0.05) is 6.54 Å². The Bertz CT molecular complexity index is 123. The van der Waals surface area contributed by atoms with Crippen molar-refractivity contribution in [2.45, 2.75) is 6.42 Å². The zero-order chi connectivity index (χ0) is 5.98. The van der Waals surface area contributed by atoms with Gasteiger partial charge in [0.25, 0.3) is 0 Å². The van der Waals surface area contributed by atoms with Crippen LogP contribution >= 0.6 is 0 Å². The number of nitriles is 1. The van der Waals surface area contributed by atoms with Gasteiger partial charge < -0.3 is 10.3 Å². The average Bonchev–Trinajstić information content (AvgIpc) is 2.14. The Labute approximate surface area is 97.0 Å². The molecule has 0 N–H and O–H groups in total. The summed E-state index contributed by atoms with van der Waals surface area (Å²) in [5, 5.41) is 19.6. The quantitative estimate of drug-likeness (QED) is 0.354. The molecule has 0 aromatic rings. The van der Waals surface area contributed by atoms with Crippen LogP contribution in [0.4, 0.5) is 0 Å². The number of nitrogens with zero attached hydrogens (tertiary/aromatic N) is 2. The molecule has 1 atom stereocenters. The number of hydroxylamine groups is 2. The second-order valence-electron chi connectivity index (χ2n) is 2.00. The van der Waals surface area contributed by atoms with Gasteiger partial charge in [-0.3, -0.25) is 0 Å². The monoisotopic (exact) mass is 150 g/mol. The minimum absolute atomic E-state index is 0. The molecule has 1 saturated heterocycles. The molecule has 0 aliphatic carbocycles. The van der Waals surface area contributed by atoms with E-state index in [2.05, 4.69) is 6.07 Å². The summed E-state index contributed by atoms with van der Waals surface area (Å²) < 4.78 is 0. The van der Waals surface area contributed by atoms with Gasteiger partial charge in [-0.25, -0.2) is 0 Å². The standard InChI is InChI=1S/C5H7N2O.K/c6-3-5-1-2-7(8)4-5;/h5H,1-2,4H2;/q-1;+1. The second kappa shape index (κ2) is 4.80. The first-order valence-electron chi connectivity index (χ1n) is 2.64. The van der Waals surface area contributed by atoms with Crippen LogP contribution in [-0.4, -0.2) is 18.2 Å². The van der Waals surface area contributed by atoms with Crippen LogP contribution in [-0.2, 0) is 0 Å². The molecule has 3 nitrogen and oxygen atoms in total. The fourth-order valence-electron chi connectivity index (χ4n) is 0.834. The number of rotatable bonds is 0. The molecule has 4 heteroatoms. The predicted octanol–water partition coefficient (Wildman–Crippen LogP) is -2.67.